The topological polar surface area (TPSA) is 39.7 Å². The second-order valence-electron chi connectivity index (χ2n) is 5.11. The van der Waals surface area contributed by atoms with Crippen LogP contribution < -0.4 is 10.6 Å². The third-order valence-corrected chi connectivity index (χ3v) is 2.60. The van der Waals surface area contributed by atoms with Crippen LogP contribution in [0.5, 0.6) is 0 Å². The third-order valence-electron chi connectivity index (χ3n) is 2.60. The van der Waals surface area contributed by atoms with E-state index in [2.05, 4.69) is 62.2 Å². The molecule has 0 amide bonds. The summed E-state index contributed by atoms with van der Waals surface area (Å²) in [6.07, 6.45) is 0. The van der Waals surface area contributed by atoms with E-state index in [0.29, 0.717) is 12.0 Å². The Bertz CT molecular complexity index is 217. The molecule has 0 aliphatic carbocycles. The number of aliphatic imine (C=N–C) groups is 1. The molecule has 0 atom stereocenters. The first-order valence-electron chi connectivity index (χ1n) is 6.69. The van der Waals surface area contributed by atoms with Crippen LogP contribution in [0.15, 0.2) is 4.99 Å². The van der Waals surface area contributed by atoms with Gasteiger partial charge in [-0.25, -0.2) is 0 Å². The molecular weight excluding hydrogens is 339 g/mol. The lowest BCUT2D eigenvalue weighted by atomic mass is 10.2. The van der Waals surface area contributed by atoms with E-state index in [0.717, 1.165) is 32.1 Å². The average molecular weight is 370 g/mol. The Hall–Kier alpha value is -0.0400. The van der Waals surface area contributed by atoms with Crippen molar-refractivity contribution in [1.82, 2.24) is 15.5 Å². The highest BCUT2D eigenvalue weighted by atomic mass is 127. The summed E-state index contributed by atoms with van der Waals surface area (Å²) in [5, 5.41) is 6.62. The van der Waals surface area contributed by atoms with Crippen molar-refractivity contribution in [2.45, 2.75) is 40.7 Å². The quantitative estimate of drug-likeness (QED) is 0.410. The maximum atomic E-state index is 4.53. The predicted molar refractivity (Wildman–Crippen MR) is 92.0 cm³/mol. The standard InChI is InChI=1S/C13H30N4.HI/c1-7-14-13(16-10-11(2)3)15-8-9-17(6)12(4)5;/h11-12H,7-10H2,1-6H3,(H2,14,15,16);1H. The van der Waals surface area contributed by atoms with Crippen molar-refractivity contribution in [3.8, 4) is 0 Å². The lowest BCUT2D eigenvalue weighted by Gasteiger charge is -2.21. The molecule has 0 aromatic heterocycles. The van der Waals surface area contributed by atoms with Gasteiger partial charge in [0.1, 0.15) is 0 Å². The molecule has 0 spiro atoms. The Balaban J connectivity index is 0. The molecule has 0 heterocycles. The molecule has 0 aliphatic rings. The maximum absolute atomic E-state index is 4.53. The fraction of sp³-hybridized carbons (Fsp3) is 0.923. The molecular formula is C13H31IN4. The molecule has 0 bridgehead atoms. The van der Waals surface area contributed by atoms with Gasteiger partial charge in [-0.2, -0.15) is 0 Å². The van der Waals surface area contributed by atoms with E-state index < -0.39 is 0 Å². The lowest BCUT2D eigenvalue weighted by molar-refractivity contribution is 0.278. The molecule has 18 heavy (non-hydrogen) atoms. The van der Waals surface area contributed by atoms with Gasteiger partial charge in [0.15, 0.2) is 5.96 Å². The zero-order chi connectivity index (χ0) is 13.3. The van der Waals surface area contributed by atoms with Crippen molar-refractivity contribution in [1.29, 1.82) is 0 Å². The fourth-order valence-corrected chi connectivity index (χ4v) is 1.22. The number of nitrogens with one attached hydrogen (secondary N) is 2. The highest BCUT2D eigenvalue weighted by Crippen LogP contribution is 1.92. The van der Waals surface area contributed by atoms with E-state index in [1.54, 1.807) is 0 Å². The van der Waals surface area contributed by atoms with Gasteiger partial charge in [-0.05, 0) is 33.7 Å². The summed E-state index contributed by atoms with van der Waals surface area (Å²) in [5.74, 6) is 1.53. The van der Waals surface area contributed by atoms with Crippen LogP contribution in [0, 0.1) is 5.92 Å². The van der Waals surface area contributed by atoms with Gasteiger partial charge in [0.05, 0.1) is 0 Å². The molecule has 5 heteroatoms. The molecule has 0 saturated carbocycles. The van der Waals surface area contributed by atoms with Crippen LogP contribution >= 0.6 is 24.0 Å². The van der Waals surface area contributed by atoms with Crippen molar-refractivity contribution in [2.24, 2.45) is 10.9 Å². The molecule has 2 N–H and O–H groups in total. The van der Waals surface area contributed by atoms with Crippen LogP contribution in [0.3, 0.4) is 0 Å². The van der Waals surface area contributed by atoms with Gasteiger partial charge in [0, 0.05) is 32.2 Å². The number of nitrogens with zero attached hydrogens (tertiary/aromatic N) is 2. The summed E-state index contributed by atoms with van der Waals surface area (Å²) in [7, 11) is 2.14. The Labute approximate surface area is 130 Å². The highest BCUT2D eigenvalue weighted by molar-refractivity contribution is 14.0. The van der Waals surface area contributed by atoms with E-state index >= 15 is 0 Å². The average Bonchev–Trinajstić information content (AvgIpc) is 2.25. The first-order chi connectivity index (χ1) is 7.97. The molecule has 0 saturated heterocycles. The van der Waals surface area contributed by atoms with Gasteiger partial charge < -0.3 is 15.5 Å². The summed E-state index contributed by atoms with van der Waals surface area (Å²) < 4.78 is 0. The monoisotopic (exact) mass is 370 g/mol. The van der Waals surface area contributed by atoms with Crippen LogP contribution in [0.25, 0.3) is 0 Å². The summed E-state index contributed by atoms with van der Waals surface area (Å²) in [6.45, 7) is 14.6. The fourth-order valence-electron chi connectivity index (χ4n) is 1.22. The van der Waals surface area contributed by atoms with E-state index in [1.165, 1.54) is 0 Å². The molecule has 0 fully saturated rings. The van der Waals surface area contributed by atoms with Gasteiger partial charge >= 0.3 is 0 Å². The molecule has 4 nitrogen and oxygen atoms in total. The Morgan fingerprint density at radius 1 is 1.17 bits per heavy atom. The van der Waals surface area contributed by atoms with Crippen LogP contribution in [-0.4, -0.2) is 50.1 Å². The van der Waals surface area contributed by atoms with Crippen LogP contribution in [0.4, 0.5) is 0 Å². The molecule has 110 valence electrons. The van der Waals surface area contributed by atoms with Crippen molar-refractivity contribution in [2.75, 3.05) is 33.2 Å². The summed E-state index contributed by atoms with van der Waals surface area (Å²) in [4.78, 5) is 6.85. The minimum absolute atomic E-state index is 0. The first-order valence-corrected chi connectivity index (χ1v) is 6.69. The molecule has 0 aromatic carbocycles. The van der Waals surface area contributed by atoms with Crippen LogP contribution in [0.2, 0.25) is 0 Å². The highest BCUT2D eigenvalue weighted by Gasteiger charge is 2.03. The minimum Gasteiger partial charge on any atom is -0.357 e. The maximum Gasteiger partial charge on any atom is 0.191 e. The first kappa shape index (κ1) is 20.3. The van der Waals surface area contributed by atoms with E-state index in [1.807, 2.05) is 0 Å². The van der Waals surface area contributed by atoms with Crippen molar-refractivity contribution >= 4 is 29.9 Å². The van der Waals surface area contributed by atoms with Gasteiger partial charge in [0.25, 0.3) is 0 Å². The van der Waals surface area contributed by atoms with Crippen LogP contribution in [0.1, 0.15) is 34.6 Å². The van der Waals surface area contributed by atoms with Crippen molar-refractivity contribution < 1.29 is 0 Å². The summed E-state index contributed by atoms with van der Waals surface area (Å²) in [6, 6.07) is 0.590. The van der Waals surface area contributed by atoms with E-state index in [9.17, 15) is 0 Å². The van der Waals surface area contributed by atoms with Gasteiger partial charge in [0.2, 0.25) is 0 Å². The number of hydrogen-bond acceptors (Lipinski definition) is 2. The Kier molecular flexibility index (Phi) is 13.5. The third kappa shape index (κ3) is 11.1. The Morgan fingerprint density at radius 2 is 1.78 bits per heavy atom. The largest absolute Gasteiger partial charge is 0.357 e. The smallest absolute Gasteiger partial charge is 0.191 e. The van der Waals surface area contributed by atoms with Gasteiger partial charge in [-0.1, -0.05) is 13.8 Å². The summed E-state index contributed by atoms with van der Waals surface area (Å²) in [5.41, 5.74) is 0. The molecule has 0 unspecified atom stereocenters. The molecule has 0 aromatic rings. The number of halogens is 1. The lowest BCUT2D eigenvalue weighted by Crippen LogP contribution is -2.42. The van der Waals surface area contributed by atoms with Gasteiger partial charge in [-0.15, -0.1) is 24.0 Å². The molecule has 0 aliphatic heterocycles. The molecule has 0 rings (SSSR count). The SMILES string of the molecule is CCNC(=NCC(C)C)NCCN(C)C(C)C.I. The van der Waals surface area contributed by atoms with Crippen LogP contribution in [-0.2, 0) is 0 Å². The molecule has 0 radical (unpaired) electrons. The van der Waals surface area contributed by atoms with Crippen molar-refractivity contribution in [3.63, 3.8) is 0 Å². The zero-order valence-corrected chi connectivity index (χ0v) is 15.1. The summed E-state index contributed by atoms with van der Waals surface area (Å²) >= 11 is 0. The van der Waals surface area contributed by atoms with E-state index in [4.69, 9.17) is 0 Å². The second kappa shape index (κ2) is 12.0. The number of guanidine groups is 1. The van der Waals surface area contributed by atoms with E-state index in [-0.39, 0.29) is 24.0 Å². The predicted octanol–water partition coefficient (Wildman–Crippen LogP) is 2.16. The minimum atomic E-state index is 0. The number of likely N-dealkylation sites (N-methyl/N-ethyl adjacent to an activating group) is 1. The van der Waals surface area contributed by atoms with Gasteiger partial charge in [-0.3, -0.25) is 4.99 Å². The normalized spacial score (nSPS) is 11.9. The number of hydrogen-bond donors (Lipinski definition) is 2. The Morgan fingerprint density at radius 3 is 2.22 bits per heavy atom. The number of rotatable bonds is 7. The zero-order valence-electron chi connectivity index (χ0n) is 12.8. The van der Waals surface area contributed by atoms with Crippen molar-refractivity contribution in [3.05, 3.63) is 0 Å². The second-order valence-corrected chi connectivity index (χ2v) is 5.11.